The maximum Gasteiger partial charge on any atom is 0.310 e. The quantitative estimate of drug-likeness (QED) is 0.748. The number of fused-ring (bicyclic) bond motifs is 1. The molecular formula is C14H17NO4. The van der Waals surface area contributed by atoms with Crippen LogP contribution in [0, 0.1) is 11.8 Å². The first-order valence-corrected chi connectivity index (χ1v) is 7.03. The summed E-state index contributed by atoms with van der Waals surface area (Å²) in [6.45, 7) is 0.540. The van der Waals surface area contributed by atoms with Gasteiger partial charge in [0.15, 0.2) is 0 Å². The van der Waals surface area contributed by atoms with Crippen LogP contribution in [0.2, 0.25) is 0 Å². The van der Waals surface area contributed by atoms with Crippen LogP contribution >= 0.6 is 0 Å². The van der Waals surface area contributed by atoms with Crippen LogP contribution in [0.3, 0.4) is 0 Å². The van der Waals surface area contributed by atoms with E-state index in [4.69, 9.17) is 4.74 Å². The van der Waals surface area contributed by atoms with Crippen molar-refractivity contribution in [1.82, 2.24) is 4.90 Å². The molecule has 3 heterocycles. The summed E-state index contributed by atoms with van der Waals surface area (Å²) >= 11 is 0. The largest absolute Gasteiger partial charge is 0.481 e. The van der Waals surface area contributed by atoms with E-state index in [-0.39, 0.29) is 11.9 Å². The molecule has 5 heteroatoms. The second kappa shape index (κ2) is 3.60. The highest BCUT2D eigenvalue weighted by Crippen LogP contribution is 2.52. The van der Waals surface area contributed by atoms with Gasteiger partial charge in [-0.15, -0.1) is 0 Å². The monoisotopic (exact) mass is 263 g/mol. The van der Waals surface area contributed by atoms with Crippen LogP contribution in [-0.4, -0.2) is 46.2 Å². The Hall–Kier alpha value is -1.36. The van der Waals surface area contributed by atoms with Gasteiger partial charge in [-0.2, -0.15) is 0 Å². The van der Waals surface area contributed by atoms with Crippen molar-refractivity contribution in [2.24, 2.45) is 11.8 Å². The summed E-state index contributed by atoms with van der Waals surface area (Å²) in [7, 11) is 0. The van der Waals surface area contributed by atoms with Crippen LogP contribution in [0.5, 0.6) is 0 Å². The zero-order chi connectivity index (χ0) is 13.2. The molecular weight excluding hydrogens is 246 g/mol. The van der Waals surface area contributed by atoms with Gasteiger partial charge in [0.25, 0.3) is 0 Å². The fourth-order valence-electron chi connectivity index (χ4n) is 4.34. The Bertz CT molecular complexity index is 482. The van der Waals surface area contributed by atoms with Crippen molar-refractivity contribution in [2.75, 3.05) is 6.54 Å². The fraction of sp³-hybridized carbons (Fsp3) is 0.714. The summed E-state index contributed by atoms with van der Waals surface area (Å²) in [4.78, 5) is 25.9. The van der Waals surface area contributed by atoms with Gasteiger partial charge in [0.05, 0.1) is 18.6 Å². The maximum absolute atomic E-state index is 12.6. The SMILES string of the molecule is O=C(O)[C@@H]1[C@H]2C(=O)N(C3CCCC3)C[C@@]23C=C[C@H]1O3. The van der Waals surface area contributed by atoms with Crippen LogP contribution in [-0.2, 0) is 14.3 Å². The Labute approximate surface area is 111 Å². The smallest absolute Gasteiger partial charge is 0.310 e. The summed E-state index contributed by atoms with van der Waals surface area (Å²) in [5.74, 6) is -2.14. The molecule has 4 aliphatic rings. The van der Waals surface area contributed by atoms with E-state index in [1.54, 1.807) is 0 Å². The Kier molecular flexibility index (Phi) is 2.17. The van der Waals surface area contributed by atoms with Crippen LogP contribution in [0.15, 0.2) is 12.2 Å². The van der Waals surface area contributed by atoms with Crippen LogP contribution in [0.25, 0.3) is 0 Å². The van der Waals surface area contributed by atoms with Crippen molar-refractivity contribution in [1.29, 1.82) is 0 Å². The number of carbonyl (C=O) groups excluding carboxylic acids is 1. The Morgan fingerprint density at radius 3 is 2.84 bits per heavy atom. The summed E-state index contributed by atoms with van der Waals surface area (Å²) in [6, 6.07) is 0.290. The Balaban J connectivity index is 1.69. The predicted molar refractivity (Wildman–Crippen MR) is 65.3 cm³/mol. The molecule has 0 aromatic heterocycles. The van der Waals surface area contributed by atoms with Crippen LogP contribution < -0.4 is 0 Å². The predicted octanol–water partition coefficient (Wildman–Crippen LogP) is 0.796. The van der Waals surface area contributed by atoms with Gasteiger partial charge in [0.1, 0.15) is 11.5 Å². The Morgan fingerprint density at radius 2 is 2.16 bits per heavy atom. The zero-order valence-corrected chi connectivity index (χ0v) is 10.6. The molecule has 0 aromatic carbocycles. The van der Waals surface area contributed by atoms with Crippen molar-refractivity contribution in [3.05, 3.63) is 12.2 Å². The van der Waals surface area contributed by atoms with Gasteiger partial charge in [-0.05, 0) is 12.8 Å². The molecule has 1 spiro atoms. The van der Waals surface area contributed by atoms with Gasteiger partial charge in [-0.3, -0.25) is 9.59 Å². The van der Waals surface area contributed by atoms with E-state index < -0.39 is 29.5 Å². The zero-order valence-electron chi connectivity index (χ0n) is 10.6. The lowest BCUT2D eigenvalue weighted by Gasteiger charge is -2.26. The number of hydrogen-bond acceptors (Lipinski definition) is 3. The molecule has 4 atom stereocenters. The van der Waals surface area contributed by atoms with E-state index in [1.165, 1.54) is 0 Å². The van der Waals surface area contributed by atoms with Gasteiger partial charge in [-0.1, -0.05) is 25.0 Å². The number of carboxylic acids is 1. The molecule has 2 saturated heterocycles. The van der Waals surface area contributed by atoms with Crippen LogP contribution in [0.1, 0.15) is 25.7 Å². The average Bonchev–Trinajstić information content (AvgIpc) is 3.09. The molecule has 19 heavy (non-hydrogen) atoms. The number of carboxylic acid groups (broad SMARTS) is 1. The van der Waals surface area contributed by atoms with Crippen molar-refractivity contribution >= 4 is 11.9 Å². The van der Waals surface area contributed by atoms with Crippen LogP contribution in [0.4, 0.5) is 0 Å². The molecule has 2 bridgehead atoms. The highest BCUT2D eigenvalue weighted by molar-refractivity contribution is 5.91. The first-order valence-electron chi connectivity index (χ1n) is 7.03. The van der Waals surface area contributed by atoms with E-state index >= 15 is 0 Å². The molecule has 3 aliphatic heterocycles. The summed E-state index contributed by atoms with van der Waals surface area (Å²) in [5, 5.41) is 9.36. The molecule has 1 amide bonds. The summed E-state index contributed by atoms with van der Waals surface area (Å²) < 4.78 is 5.86. The normalized spacial score (nSPS) is 44.3. The fourth-order valence-corrected chi connectivity index (χ4v) is 4.34. The number of carbonyl (C=O) groups is 2. The van der Waals surface area contributed by atoms with Gasteiger partial charge >= 0.3 is 5.97 Å². The van der Waals surface area contributed by atoms with Gasteiger partial charge in [-0.25, -0.2) is 0 Å². The van der Waals surface area contributed by atoms with Gasteiger partial charge in [0.2, 0.25) is 5.91 Å². The van der Waals surface area contributed by atoms with E-state index in [0.29, 0.717) is 6.54 Å². The number of hydrogen-bond donors (Lipinski definition) is 1. The highest BCUT2D eigenvalue weighted by Gasteiger charge is 2.67. The first-order chi connectivity index (χ1) is 9.12. The van der Waals surface area contributed by atoms with Crippen molar-refractivity contribution in [3.8, 4) is 0 Å². The van der Waals surface area contributed by atoms with E-state index in [1.807, 2.05) is 17.1 Å². The third-order valence-electron chi connectivity index (χ3n) is 5.18. The number of ether oxygens (including phenoxy) is 1. The highest BCUT2D eigenvalue weighted by atomic mass is 16.5. The summed E-state index contributed by atoms with van der Waals surface area (Å²) in [5.41, 5.74) is -0.659. The minimum Gasteiger partial charge on any atom is -0.481 e. The second-order valence-electron chi connectivity index (χ2n) is 6.14. The molecule has 1 aliphatic carbocycles. The molecule has 0 radical (unpaired) electrons. The summed E-state index contributed by atoms with van der Waals surface area (Å²) in [6.07, 6.45) is 7.73. The third-order valence-corrected chi connectivity index (χ3v) is 5.18. The third kappa shape index (κ3) is 1.34. The van der Waals surface area contributed by atoms with E-state index in [2.05, 4.69) is 0 Å². The Morgan fingerprint density at radius 1 is 1.42 bits per heavy atom. The topological polar surface area (TPSA) is 66.8 Å². The van der Waals surface area contributed by atoms with E-state index in [0.717, 1.165) is 25.7 Å². The van der Waals surface area contributed by atoms with Crippen molar-refractivity contribution in [3.63, 3.8) is 0 Å². The van der Waals surface area contributed by atoms with E-state index in [9.17, 15) is 14.7 Å². The minimum absolute atomic E-state index is 0.00819. The molecule has 5 nitrogen and oxygen atoms in total. The van der Waals surface area contributed by atoms with Gasteiger partial charge < -0.3 is 14.7 Å². The lowest BCUT2D eigenvalue weighted by molar-refractivity contribution is -0.148. The molecule has 1 N–H and O–H groups in total. The second-order valence-corrected chi connectivity index (χ2v) is 6.14. The number of nitrogens with zero attached hydrogens (tertiary/aromatic N) is 1. The van der Waals surface area contributed by atoms with Gasteiger partial charge in [0, 0.05) is 6.04 Å². The minimum atomic E-state index is -0.914. The number of rotatable bonds is 2. The maximum atomic E-state index is 12.6. The number of amides is 1. The molecule has 0 unspecified atom stereocenters. The first kappa shape index (κ1) is 11.5. The molecule has 4 rings (SSSR count). The van der Waals surface area contributed by atoms with Crippen molar-refractivity contribution < 1.29 is 19.4 Å². The lowest BCUT2D eigenvalue weighted by atomic mass is 9.77. The number of aliphatic carboxylic acids is 1. The molecule has 1 saturated carbocycles. The average molecular weight is 263 g/mol. The van der Waals surface area contributed by atoms with Crippen molar-refractivity contribution in [2.45, 2.75) is 43.4 Å². The molecule has 3 fully saturated rings. The number of likely N-dealkylation sites (tertiary alicyclic amines) is 1. The molecule has 102 valence electrons. The molecule has 0 aromatic rings. The standard InChI is InChI=1S/C14H17NO4/c16-12-11-10(13(17)18)9-5-6-14(11,19-9)7-15(12)8-3-1-2-4-8/h5-6,8-11H,1-4,7H2,(H,17,18)/t9-,10+,11+,14+/m1/s1. The lowest BCUT2D eigenvalue weighted by Crippen LogP contribution is -2.40.